The van der Waals surface area contributed by atoms with Crippen molar-refractivity contribution in [3.8, 4) is 23.3 Å². The van der Waals surface area contributed by atoms with Gasteiger partial charge in [0.1, 0.15) is 0 Å². The quantitative estimate of drug-likeness (QED) is 0.746. The molecule has 2 rings (SSSR count). The number of ether oxygens (including phenoxy) is 2. The van der Waals surface area contributed by atoms with Gasteiger partial charge in [0.05, 0.1) is 25.7 Å². The number of hydrogen-bond acceptors (Lipinski definition) is 5. The summed E-state index contributed by atoms with van der Waals surface area (Å²) >= 11 is 1.68. The molecule has 0 fully saturated rings. The van der Waals surface area contributed by atoms with E-state index in [9.17, 15) is 5.11 Å². The summed E-state index contributed by atoms with van der Waals surface area (Å²) in [7, 11) is 3.25. The number of aliphatic hydroxyl groups is 1. The highest BCUT2D eigenvalue weighted by Crippen LogP contribution is 2.27. The second kappa shape index (κ2) is 8.91. The standard InChI is InChI=1S/C20H25NO3S/c1-20(21,14-22)12-11-17-9-8-16(25-17)6-4-5-15-7-10-18(23-2)19(13-15)24-3/h7-10,13,22H,5,11-12,14,21H2,1-3H3. The van der Waals surface area contributed by atoms with Gasteiger partial charge >= 0.3 is 0 Å². The lowest BCUT2D eigenvalue weighted by Gasteiger charge is -2.20. The van der Waals surface area contributed by atoms with Crippen molar-refractivity contribution in [1.82, 2.24) is 0 Å². The molecule has 0 saturated carbocycles. The van der Waals surface area contributed by atoms with Crippen LogP contribution in [0.4, 0.5) is 0 Å². The van der Waals surface area contributed by atoms with E-state index in [-0.39, 0.29) is 6.61 Å². The van der Waals surface area contributed by atoms with E-state index in [1.807, 2.05) is 31.2 Å². The highest BCUT2D eigenvalue weighted by Gasteiger charge is 2.16. The number of hydrogen-bond donors (Lipinski definition) is 2. The van der Waals surface area contributed by atoms with Crippen molar-refractivity contribution in [2.24, 2.45) is 5.73 Å². The van der Waals surface area contributed by atoms with E-state index < -0.39 is 5.54 Å². The molecule has 2 aromatic rings. The van der Waals surface area contributed by atoms with Crippen molar-refractivity contribution in [2.45, 2.75) is 31.7 Å². The molecule has 0 aliphatic carbocycles. The summed E-state index contributed by atoms with van der Waals surface area (Å²) in [6, 6.07) is 9.95. The van der Waals surface area contributed by atoms with Gasteiger partial charge in [-0.3, -0.25) is 0 Å². The molecule has 1 aromatic heterocycles. The fourth-order valence-electron chi connectivity index (χ4n) is 2.29. The molecule has 0 bridgehead atoms. The molecule has 0 radical (unpaired) electrons. The number of benzene rings is 1. The van der Waals surface area contributed by atoms with E-state index in [0.717, 1.165) is 29.0 Å². The van der Waals surface area contributed by atoms with Crippen LogP contribution >= 0.6 is 11.3 Å². The lowest BCUT2D eigenvalue weighted by molar-refractivity contribution is 0.201. The number of nitrogens with two attached hydrogens (primary N) is 1. The van der Waals surface area contributed by atoms with Gasteiger partial charge in [-0.1, -0.05) is 17.9 Å². The third-order valence-corrected chi connectivity index (χ3v) is 4.98. The van der Waals surface area contributed by atoms with Crippen LogP contribution in [0.15, 0.2) is 30.3 Å². The Morgan fingerprint density at radius 3 is 2.60 bits per heavy atom. The SMILES string of the molecule is COc1ccc(CC#Cc2ccc(CCC(C)(N)CO)s2)cc1OC. The summed E-state index contributed by atoms with van der Waals surface area (Å²) in [6.45, 7) is 1.86. The van der Waals surface area contributed by atoms with E-state index in [0.29, 0.717) is 12.2 Å². The first-order valence-corrected chi connectivity index (χ1v) is 8.97. The fourth-order valence-corrected chi connectivity index (χ4v) is 3.17. The van der Waals surface area contributed by atoms with Crippen molar-refractivity contribution in [2.75, 3.05) is 20.8 Å². The van der Waals surface area contributed by atoms with Gasteiger partial charge in [0, 0.05) is 16.8 Å². The van der Waals surface area contributed by atoms with Crippen LogP contribution in [0.5, 0.6) is 11.5 Å². The van der Waals surface area contributed by atoms with Gasteiger partial charge in [0.25, 0.3) is 0 Å². The fraction of sp³-hybridized carbons (Fsp3) is 0.400. The molecular weight excluding hydrogens is 334 g/mol. The molecule has 4 nitrogen and oxygen atoms in total. The van der Waals surface area contributed by atoms with E-state index in [1.165, 1.54) is 4.88 Å². The molecule has 1 unspecified atom stereocenters. The van der Waals surface area contributed by atoms with Gasteiger partial charge in [-0.15, -0.1) is 11.3 Å². The normalized spacial score (nSPS) is 12.8. The van der Waals surface area contributed by atoms with Crippen LogP contribution in [0.3, 0.4) is 0 Å². The summed E-state index contributed by atoms with van der Waals surface area (Å²) in [5.41, 5.74) is 6.53. The van der Waals surface area contributed by atoms with Gasteiger partial charge in [0.2, 0.25) is 0 Å². The third-order valence-electron chi connectivity index (χ3n) is 3.92. The van der Waals surface area contributed by atoms with Gasteiger partial charge in [-0.05, 0) is 49.6 Å². The van der Waals surface area contributed by atoms with Gasteiger partial charge in [-0.25, -0.2) is 0 Å². The number of aryl methyl sites for hydroxylation is 1. The molecule has 0 aliphatic heterocycles. The number of methoxy groups -OCH3 is 2. The first-order chi connectivity index (χ1) is 12.0. The topological polar surface area (TPSA) is 64.7 Å². The molecule has 25 heavy (non-hydrogen) atoms. The van der Waals surface area contributed by atoms with Crippen molar-refractivity contribution in [3.63, 3.8) is 0 Å². The van der Waals surface area contributed by atoms with Crippen molar-refractivity contribution < 1.29 is 14.6 Å². The molecule has 3 N–H and O–H groups in total. The Labute approximate surface area is 153 Å². The maximum Gasteiger partial charge on any atom is 0.161 e. The van der Waals surface area contributed by atoms with E-state index in [1.54, 1.807) is 25.6 Å². The van der Waals surface area contributed by atoms with Crippen molar-refractivity contribution >= 4 is 11.3 Å². The molecule has 5 heteroatoms. The average molecular weight is 359 g/mol. The smallest absolute Gasteiger partial charge is 0.161 e. The monoisotopic (exact) mass is 359 g/mol. The van der Waals surface area contributed by atoms with Gasteiger partial charge in [-0.2, -0.15) is 0 Å². The minimum Gasteiger partial charge on any atom is -0.493 e. The van der Waals surface area contributed by atoms with Crippen LogP contribution in [0.2, 0.25) is 0 Å². The molecule has 1 aromatic carbocycles. The van der Waals surface area contributed by atoms with Crippen LogP contribution in [0.1, 0.15) is 28.7 Å². The minimum atomic E-state index is -0.525. The van der Waals surface area contributed by atoms with Crippen molar-refractivity contribution in [1.29, 1.82) is 0 Å². The van der Waals surface area contributed by atoms with E-state index in [4.69, 9.17) is 15.2 Å². The molecule has 0 spiro atoms. The summed E-state index contributed by atoms with van der Waals surface area (Å²) < 4.78 is 10.5. The zero-order chi connectivity index (χ0) is 18.3. The van der Waals surface area contributed by atoms with Crippen molar-refractivity contribution in [3.05, 3.63) is 45.6 Å². The first kappa shape index (κ1) is 19.3. The van der Waals surface area contributed by atoms with Crippen LogP contribution in [-0.4, -0.2) is 31.5 Å². The molecule has 134 valence electrons. The molecule has 1 heterocycles. The number of aliphatic hydroxyl groups excluding tert-OH is 1. The number of thiophene rings is 1. The maximum absolute atomic E-state index is 9.21. The average Bonchev–Trinajstić information content (AvgIpc) is 3.08. The zero-order valence-electron chi connectivity index (χ0n) is 15.0. The molecular formula is C20H25NO3S. The summed E-state index contributed by atoms with van der Waals surface area (Å²) in [5, 5.41) is 9.21. The molecule has 0 saturated heterocycles. The maximum atomic E-state index is 9.21. The highest BCUT2D eigenvalue weighted by molar-refractivity contribution is 7.12. The summed E-state index contributed by atoms with van der Waals surface area (Å²) in [6.07, 6.45) is 2.26. The lowest BCUT2D eigenvalue weighted by Crippen LogP contribution is -2.40. The number of rotatable bonds is 7. The first-order valence-electron chi connectivity index (χ1n) is 8.15. The predicted octanol–water partition coefficient (Wildman–Crippen LogP) is 3.00. The largest absolute Gasteiger partial charge is 0.493 e. The Balaban J connectivity index is 1.96. The predicted molar refractivity (Wildman–Crippen MR) is 102 cm³/mol. The van der Waals surface area contributed by atoms with E-state index >= 15 is 0 Å². The van der Waals surface area contributed by atoms with Crippen LogP contribution in [-0.2, 0) is 12.8 Å². The third kappa shape index (κ3) is 5.79. The lowest BCUT2D eigenvalue weighted by atomic mass is 9.98. The molecule has 0 amide bonds. The minimum absolute atomic E-state index is 0.00361. The van der Waals surface area contributed by atoms with Gasteiger partial charge < -0.3 is 20.3 Å². The Bertz CT molecular complexity index is 756. The van der Waals surface area contributed by atoms with Gasteiger partial charge in [0.15, 0.2) is 11.5 Å². The zero-order valence-corrected chi connectivity index (χ0v) is 15.8. The molecule has 0 aliphatic rings. The van der Waals surface area contributed by atoms with Crippen LogP contribution in [0.25, 0.3) is 0 Å². The Morgan fingerprint density at radius 1 is 1.16 bits per heavy atom. The van der Waals surface area contributed by atoms with E-state index in [2.05, 4.69) is 17.9 Å². The second-order valence-electron chi connectivity index (χ2n) is 6.25. The highest BCUT2D eigenvalue weighted by atomic mass is 32.1. The Hall–Kier alpha value is -2.00. The Kier molecular flexibility index (Phi) is 6.89. The summed E-state index contributed by atoms with van der Waals surface area (Å²) in [5.74, 6) is 7.85. The van der Waals surface area contributed by atoms with Crippen LogP contribution in [0, 0.1) is 11.8 Å². The summed E-state index contributed by atoms with van der Waals surface area (Å²) in [4.78, 5) is 2.28. The second-order valence-corrected chi connectivity index (χ2v) is 7.41. The molecule has 1 atom stereocenters. The van der Waals surface area contributed by atoms with Crippen LogP contribution < -0.4 is 15.2 Å². The Morgan fingerprint density at radius 2 is 1.92 bits per heavy atom.